The van der Waals surface area contributed by atoms with Gasteiger partial charge in [-0.05, 0) is 36.5 Å². The highest BCUT2D eigenvalue weighted by Crippen LogP contribution is 2.26. The summed E-state index contributed by atoms with van der Waals surface area (Å²) in [4.78, 5) is 21.7. The molecule has 0 aliphatic carbocycles. The van der Waals surface area contributed by atoms with Crippen molar-refractivity contribution in [1.29, 1.82) is 0 Å². The number of benzene rings is 2. The molecule has 5 nitrogen and oxygen atoms in total. The quantitative estimate of drug-likeness (QED) is 0.569. The molecule has 1 aliphatic rings. The van der Waals surface area contributed by atoms with E-state index in [4.69, 9.17) is 4.74 Å². The Balaban J connectivity index is 1.37. The van der Waals surface area contributed by atoms with Gasteiger partial charge in [-0.3, -0.25) is 4.79 Å². The van der Waals surface area contributed by atoms with Gasteiger partial charge in [-0.1, -0.05) is 54.1 Å². The van der Waals surface area contributed by atoms with E-state index < -0.39 is 0 Å². The fraction of sp³-hybridized carbons (Fsp3) is 0.370. The molecular formula is C27H30N2O3. The topological polar surface area (TPSA) is 72.3 Å². The number of aromatic nitrogens is 2. The first-order valence-corrected chi connectivity index (χ1v) is 11.3. The molecule has 1 saturated heterocycles. The maximum Gasteiger partial charge on any atom is 0.136 e. The van der Waals surface area contributed by atoms with Crippen molar-refractivity contribution in [3.63, 3.8) is 0 Å². The second-order valence-corrected chi connectivity index (χ2v) is 8.61. The Bertz CT molecular complexity index is 1010. The van der Waals surface area contributed by atoms with Crippen LogP contribution >= 0.6 is 0 Å². The molecule has 4 rings (SSSR count). The van der Waals surface area contributed by atoms with Crippen LogP contribution in [0.2, 0.25) is 0 Å². The van der Waals surface area contributed by atoms with E-state index in [-0.39, 0.29) is 24.2 Å². The fourth-order valence-electron chi connectivity index (χ4n) is 4.15. The number of rotatable bonds is 8. The zero-order valence-electron chi connectivity index (χ0n) is 18.5. The minimum absolute atomic E-state index is 0.0299. The predicted octanol–water partition coefficient (Wildman–Crippen LogP) is 4.50. The molecule has 0 amide bonds. The smallest absolute Gasteiger partial charge is 0.136 e. The lowest BCUT2D eigenvalue weighted by Gasteiger charge is -2.23. The summed E-state index contributed by atoms with van der Waals surface area (Å²) in [5.41, 5.74) is 5.43. The highest BCUT2D eigenvalue weighted by atomic mass is 16.5. The fourth-order valence-corrected chi connectivity index (χ4v) is 4.15. The Morgan fingerprint density at radius 2 is 1.66 bits per heavy atom. The van der Waals surface area contributed by atoms with E-state index in [2.05, 4.69) is 41.2 Å². The molecule has 1 fully saturated rings. The van der Waals surface area contributed by atoms with Gasteiger partial charge in [-0.15, -0.1) is 0 Å². The number of aryl methyl sites for hydroxylation is 1. The summed E-state index contributed by atoms with van der Waals surface area (Å²) in [5, 5.41) is 9.87. The van der Waals surface area contributed by atoms with Crippen LogP contribution in [0.15, 0.2) is 60.9 Å². The Labute approximate surface area is 189 Å². The average Bonchev–Trinajstić information content (AvgIpc) is 2.84. The number of ether oxygens (including phenoxy) is 1. The van der Waals surface area contributed by atoms with Crippen LogP contribution in [-0.4, -0.2) is 40.7 Å². The summed E-state index contributed by atoms with van der Waals surface area (Å²) < 4.78 is 5.35. The third kappa shape index (κ3) is 5.67. The first kappa shape index (κ1) is 22.3. The molecule has 1 aliphatic heterocycles. The van der Waals surface area contributed by atoms with Gasteiger partial charge in [0.05, 0.1) is 6.61 Å². The number of carbonyl (C=O) groups excluding carboxylic acids is 1. The van der Waals surface area contributed by atoms with Gasteiger partial charge >= 0.3 is 0 Å². The molecule has 0 spiro atoms. The first-order valence-electron chi connectivity index (χ1n) is 11.3. The predicted molar refractivity (Wildman–Crippen MR) is 124 cm³/mol. The molecule has 1 unspecified atom stereocenters. The molecule has 0 saturated carbocycles. The molecular weight excluding hydrogens is 400 g/mol. The lowest BCUT2D eigenvalue weighted by molar-refractivity contribution is -0.126. The van der Waals surface area contributed by atoms with E-state index in [0.717, 1.165) is 40.9 Å². The number of hydrogen-bond donors (Lipinski definition) is 1. The van der Waals surface area contributed by atoms with Crippen molar-refractivity contribution in [3.8, 4) is 11.1 Å². The van der Waals surface area contributed by atoms with Crippen molar-refractivity contribution in [1.82, 2.24) is 9.97 Å². The van der Waals surface area contributed by atoms with Crippen LogP contribution < -0.4 is 0 Å². The molecule has 3 aromatic rings. The lowest BCUT2D eigenvalue weighted by atomic mass is 9.86. The van der Waals surface area contributed by atoms with Crippen molar-refractivity contribution < 1.29 is 14.6 Å². The van der Waals surface area contributed by atoms with E-state index in [1.165, 1.54) is 5.56 Å². The number of aliphatic hydroxyl groups is 1. The van der Waals surface area contributed by atoms with Crippen molar-refractivity contribution in [2.75, 3.05) is 19.8 Å². The summed E-state index contributed by atoms with van der Waals surface area (Å²) in [6, 6.07) is 16.4. The standard InChI is InChI=1S/C27H30N2O3/c1-19-2-6-22(7-3-19)25-16-28-27(29-17-25)14-20-4-8-21(9-5-20)24(18-30)15-26(31)23-10-12-32-13-11-23/h2-9,16-17,23-24,30H,10-15,18H2,1H3. The molecule has 166 valence electrons. The molecule has 1 N–H and O–H groups in total. The maximum atomic E-state index is 12.6. The van der Waals surface area contributed by atoms with Gasteiger partial charge < -0.3 is 9.84 Å². The monoisotopic (exact) mass is 430 g/mol. The van der Waals surface area contributed by atoms with Crippen LogP contribution in [0.4, 0.5) is 0 Å². The Kier molecular flexibility index (Phi) is 7.40. The van der Waals surface area contributed by atoms with Gasteiger partial charge in [-0.25, -0.2) is 9.97 Å². The normalized spacial score (nSPS) is 15.4. The number of ketones is 1. The summed E-state index contributed by atoms with van der Waals surface area (Å²) in [5.74, 6) is 0.905. The third-order valence-electron chi connectivity index (χ3n) is 6.25. The molecule has 0 radical (unpaired) electrons. The Morgan fingerprint density at radius 3 is 2.28 bits per heavy atom. The van der Waals surface area contributed by atoms with Gasteiger partial charge in [0.2, 0.25) is 0 Å². The number of carbonyl (C=O) groups is 1. The third-order valence-corrected chi connectivity index (χ3v) is 6.25. The summed E-state index contributed by atoms with van der Waals surface area (Å²) in [6.45, 7) is 3.35. The second kappa shape index (κ2) is 10.6. The van der Waals surface area contributed by atoms with Gasteiger partial charge in [-0.2, -0.15) is 0 Å². The number of aliphatic hydroxyl groups excluding tert-OH is 1. The highest BCUT2D eigenvalue weighted by molar-refractivity contribution is 5.82. The number of nitrogens with zero attached hydrogens (tertiary/aromatic N) is 2. The summed E-state index contributed by atoms with van der Waals surface area (Å²) in [7, 11) is 0. The molecule has 1 atom stereocenters. The number of hydrogen-bond acceptors (Lipinski definition) is 5. The van der Waals surface area contributed by atoms with E-state index in [1.807, 2.05) is 36.7 Å². The minimum Gasteiger partial charge on any atom is -0.396 e. The van der Waals surface area contributed by atoms with Crippen LogP contribution in [0.1, 0.15) is 47.7 Å². The van der Waals surface area contributed by atoms with E-state index >= 15 is 0 Å². The van der Waals surface area contributed by atoms with Crippen molar-refractivity contribution in [2.24, 2.45) is 5.92 Å². The molecule has 5 heteroatoms. The number of Topliss-reactive ketones (excluding diaryl/α,β-unsaturated/α-hetero) is 1. The molecule has 2 aromatic carbocycles. The highest BCUT2D eigenvalue weighted by Gasteiger charge is 2.24. The maximum absolute atomic E-state index is 12.6. The summed E-state index contributed by atoms with van der Waals surface area (Å²) in [6.07, 6.45) is 6.33. The molecule has 2 heterocycles. The lowest BCUT2D eigenvalue weighted by Crippen LogP contribution is -2.25. The van der Waals surface area contributed by atoms with Gasteiger partial charge in [0.15, 0.2) is 0 Å². The van der Waals surface area contributed by atoms with Crippen LogP contribution in [0.25, 0.3) is 11.1 Å². The van der Waals surface area contributed by atoms with E-state index in [0.29, 0.717) is 26.1 Å². The zero-order chi connectivity index (χ0) is 22.3. The minimum atomic E-state index is -0.163. The van der Waals surface area contributed by atoms with Crippen LogP contribution in [0, 0.1) is 12.8 Å². The van der Waals surface area contributed by atoms with Gasteiger partial charge in [0.25, 0.3) is 0 Å². The van der Waals surface area contributed by atoms with Crippen LogP contribution in [0.5, 0.6) is 0 Å². The van der Waals surface area contributed by atoms with Crippen molar-refractivity contribution in [2.45, 2.75) is 38.5 Å². The van der Waals surface area contributed by atoms with Crippen LogP contribution in [0.3, 0.4) is 0 Å². The molecule has 0 bridgehead atoms. The van der Waals surface area contributed by atoms with E-state index in [9.17, 15) is 9.90 Å². The average molecular weight is 431 g/mol. The van der Waals surface area contributed by atoms with Crippen molar-refractivity contribution in [3.05, 3.63) is 83.4 Å². The van der Waals surface area contributed by atoms with E-state index in [1.54, 1.807) is 0 Å². The Morgan fingerprint density at radius 1 is 1.00 bits per heavy atom. The SMILES string of the molecule is Cc1ccc(-c2cnc(Cc3ccc(C(CO)CC(=O)C4CCOCC4)cc3)nc2)cc1. The Hall–Kier alpha value is -2.89. The van der Waals surface area contributed by atoms with Gasteiger partial charge in [0.1, 0.15) is 11.6 Å². The van der Waals surface area contributed by atoms with Crippen molar-refractivity contribution >= 4 is 5.78 Å². The largest absolute Gasteiger partial charge is 0.396 e. The first-order chi connectivity index (χ1) is 15.6. The molecule has 32 heavy (non-hydrogen) atoms. The second-order valence-electron chi connectivity index (χ2n) is 8.61. The molecule has 1 aromatic heterocycles. The summed E-state index contributed by atoms with van der Waals surface area (Å²) >= 11 is 0. The zero-order valence-corrected chi connectivity index (χ0v) is 18.5. The van der Waals surface area contributed by atoms with Crippen LogP contribution in [-0.2, 0) is 16.0 Å². The van der Waals surface area contributed by atoms with Gasteiger partial charge in [0, 0.05) is 55.8 Å².